The predicted octanol–water partition coefficient (Wildman–Crippen LogP) is 7.41. The van der Waals surface area contributed by atoms with E-state index >= 15 is 0 Å². The third-order valence-electron chi connectivity index (χ3n) is 7.07. The first-order valence-electron chi connectivity index (χ1n) is 15.0. The Kier molecular flexibility index (Phi) is 12.7. The van der Waals surface area contributed by atoms with Crippen molar-refractivity contribution in [1.82, 2.24) is 9.97 Å². The molecular weight excluding hydrogens is 564 g/mol. The van der Waals surface area contributed by atoms with Crippen molar-refractivity contribution in [2.75, 3.05) is 0 Å². The van der Waals surface area contributed by atoms with Gasteiger partial charge in [-0.25, -0.2) is 0 Å². The molecule has 0 spiro atoms. The molecule has 0 saturated carbocycles. The summed E-state index contributed by atoms with van der Waals surface area (Å²) in [6.45, 7) is 6.80. The summed E-state index contributed by atoms with van der Waals surface area (Å²) in [6, 6.07) is 35.6. The Labute approximate surface area is 265 Å². The van der Waals surface area contributed by atoms with Crippen molar-refractivity contribution >= 4 is 5.97 Å². The molecule has 0 amide bonds. The van der Waals surface area contributed by atoms with Crippen LogP contribution < -0.4 is 9.47 Å². The Hall–Kier alpha value is -5.01. The third-order valence-corrected chi connectivity index (χ3v) is 7.07. The number of aromatic nitrogens is 2. The minimum atomic E-state index is -0.222. The average Bonchev–Trinajstić information content (AvgIpc) is 3.08. The second-order valence-corrected chi connectivity index (χ2v) is 10.6. The molecule has 0 fully saturated rings. The van der Waals surface area contributed by atoms with Crippen LogP contribution >= 0.6 is 0 Å². The van der Waals surface area contributed by atoms with Gasteiger partial charge in [0.25, 0.3) is 0 Å². The van der Waals surface area contributed by atoms with E-state index in [1.54, 1.807) is 0 Å². The molecule has 5 rings (SSSR count). The summed E-state index contributed by atoms with van der Waals surface area (Å²) in [6.07, 6.45) is 0.865. The van der Waals surface area contributed by atoms with Gasteiger partial charge in [0.2, 0.25) is 0 Å². The predicted molar refractivity (Wildman–Crippen MR) is 175 cm³/mol. The van der Waals surface area contributed by atoms with Gasteiger partial charge >= 0.3 is 5.97 Å². The molecule has 0 saturated heterocycles. The first-order valence-corrected chi connectivity index (χ1v) is 15.0. The lowest BCUT2D eigenvalue weighted by Crippen LogP contribution is -2.06. The minimum Gasteiger partial charge on any atom is -0.485 e. The van der Waals surface area contributed by atoms with Crippen LogP contribution in [-0.4, -0.2) is 21.0 Å². The van der Waals surface area contributed by atoms with Crippen LogP contribution in [0.25, 0.3) is 0 Å². The van der Waals surface area contributed by atoms with Crippen molar-refractivity contribution in [3.05, 3.63) is 154 Å². The summed E-state index contributed by atoms with van der Waals surface area (Å²) in [4.78, 5) is 20.6. The molecule has 0 aliphatic carbocycles. The maximum absolute atomic E-state index is 12.2. The number of esters is 1. The van der Waals surface area contributed by atoms with Crippen LogP contribution in [0.5, 0.6) is 11.5 Å². The van der Waals surface area contributed by atoms with Crippen molar-refractivity contribution in [3.63, 3.8) is 0 Å². The number of aliphatic hydroxyl groups is 1. The van der Waals surface area contributed by atoms with Gasteiger partial charge in [-0.1, -0.05) is 97.1 Å². The van der Waals surface area contributed by atoms with Gasteiger partial charge in [-0.2, -0.15) is 0 Å². The van der Waals surface area contributed by atoms with Gasteiger partial charge in [0.1, 0.15) is 19.8 Å². The van der Waals surface area contributed by atoms with E-state index in [1.807, 2.05) is 130 Å². The van der Waals surface area contributed by atoms with E-state index in [4.69, 9.17) is 19.3 Å². The van der Waals surface area contributed by atoms with E-state index in [-0.39, 0.29) is 19.2 Å². The number of aliphatic hydroxyl groups excluding tert-OH is 1. The largest absolute Gasteiger partial charge is 0.485 e. The molecule has 0 atom stereocenters. The Morgan fingerprint density at radius 3 is 1.67 bits per heavy atom. The monoisotopic (exact) mass is 604 g/mol. The molecule has 4 aromatic carbocycles. The summed E-state index contributed by atoms with van der Waals surface area (Å²) >= 11 is 0. The molecule has 7 nitrogen and oxygen atoms in total. The van der Waals surface area contributed by atoms with Crippen molar-refractivity contribution in [1.29, 1.82) is 0 Å². The molecular formula is C38H40N2O5. The Balaban J connectivity index is 0.000000354. The maximum Gasteiger partial charge on any atom is 0.306 e. The normalized spacial score (nSPS) is 10.4. The highest BCUT2D eigenvalue weighted by atomic mass is 16.5. The fraction of sp³-hybridized carbons (Fsp3) is 0.237. The molecule has 1 N–H and O–H groups in total. The number of carbonyl (C=O) groups is 1. The van der Waals surface area contributed by atoms with Crippen LogP contribution in [-0.2, 0) is 42.4 Å². The maximum atomic E-state index is 12.2. The molecule has 232 valence electrons. The highest BCUT2D eigenvalue weighted by Crippen LogP contribution is 2.30. The molecule has 45 heavy (non-hydrogen) atoms. The summed E-state index contributed by atoms with van der Waals surface area (Å²) in [7, 11) is 0. The van der Waals surface area contributed by atoms with E-state index < -0.39 is 0 Å². The standard InChI is InChI=1S/C30H28O4.C8H12N2O/c31-30(34-23-27-14-8-3-9-15-27)19-17-24-16-18-28(32-21-25-10-4-1-5-11-25)29(20-24)33-22-26-12-6-2-7-13-26;1-5-6(2)10-8(4-11)7(3)9-5/h1-16,18,20H,17,19,21-23H2;11H,4H2,1-3H3. The highest BCUT2D eigenvalue weighted by molar-refractivity contribution is 5.69. The molecule has 1 heterocycles. The zero-order chi connectivity index (χ0) is 31.9. The van der Waals surface area contributed by atoms with E-state index in [9.17, 15) is 4.79 Å². The summed E-state index contributed by atoms with van der Waals surface area (Å²) in [5.41, 5.74) is 7.44. The van der Waals surface area contributed by atoms with Gasteiger partial charge in [0.05, 0.1) is 29.4 Å². The first kappa shape index (κ1) is 32.9. The topological polar surface area (TPSA) is 90.8 Å². The minimum absolute atomic E-state index is 0.0278. The van der Waals surface area contributed by atoms with E-state index in [1.165, 1.54) is 0 Å². The lowest BCUT2D eigenvalue weighted by Gasteiger charge is -2.15. The Morgan fingerprint density at radius 2 is 1.11 bits per heavy atom. The lowest BCUT2D eigenvalue weighted by molar-refractivity contribution is -0.144. The molecule has 0 aliphatic heterocycles. The zero-order valence-electron chi connectivity index (χ0n) is 26.1. The second kappa shape index (κ2) is 17.3. The molecule has 0 aliphatic rings. The van der Waals surface area contributed by atoms with Gasteiger partial charge in [0, 0.05) is 6.42 Å². The van der Waals surface area contributed by atoms with Crippen LogP contribution in [0.3, 0.4) is 0 Å². The van der Waals surface area contributed by atoms with Crippen LogP contribution in [0.1, 0.15) is 51.5 Å². The number of ether oxygens (including phenoxy) is 3. The zero-order valence-corrected chi connectivity index (χ0v) is 26.1. The van der Waals surface area contributed by atoms with Gasteiger partial charge < -0.3 is 19.3 Å². The number of aryl methyl sites for hydroxylation is 4. The van der Waals surface area contributed by atoms with Crippen LogP contribution in [0.15, 0.2) is 109 Å². The van der Waals surface area contributed by atoms with Crippen molar-refractivity contribution in [3.8, 4) is 11.5 Å². The molecule has 0 unspecified atom stereocenters. The molecule has 7 heteroatoms. The van der Waals surface area contributed by atoms with E-state index in [0.29, 0.717) is 43.2 Å². The van der Waals surface area contributed by atoms with Crippen LogP contribution in [0.4, 0.5) is 0 Å². The number of hydrogen-bond acceptors (Lipinski definition) is 7. The summed E-state index contributed by atoms with van der Waals surface area (Å²) < 4.78 is 17.6. The fourth-order valence-electron chi connectivity index (χ4n) is 4.38. The number of carbonyl (C=O) groups excluding carboxylic acids is 1. The number of nitrogens with zero attached hydrogens (tertiary/aromatic N) is 2. The number of hydrogen-bond donors (Lipinski definition) is 1. The van der Waals surface area contributed by atoms with E-state index in [2.05, 4.69) is 9.97 Å². The van der Waals surface area contributed by atoms with Gasteiger partial charge in [-0.05, 0) is 61.6 Å². The number of benzene rings is 4. The lowest BCUT2D eigenvalue weighted by atomic mass is 10.1. The van der Waals surface area contributed by atoms with Crippen molar-refractivity contribution < 1.29 is 24.1 Å². The SMILES string of the molecule is Cc1nc(C)c(CO)nc1C.O=C(CCc1ccc(OCc2ccccc2)c(OCc2ccccc2)c1)OCc1ccccc1. The van der Waals surface area contributed by atoms with Gasteiger partial charge in [-0.15, -0.1) is 0 Å². The smallest absolute Gasteiger partial charge is 0.306 e. The summed E-state index contributed by atoms with van der Waals surface area (Å²) in [5.74, 6) is 1.12. The first-order chi connectivity index (χ1) is 21.9. The molecule has 1 aromatic heterocycles. The Morgan fingerprint density at radius 1 is 0.600 bits per heavy atom. The molecule has 0 bridgehead atoms. The van der Waals surface area contributed by atoms with Gasteiger partial charge in [-0.3, -0.25) is 14.8 Å². The van der Waals surface area contributed by atoms with Gasteiger partial charge in [0.15, 0.2) is 11.5 Å². The Bertz CT molecular complexity index is 1630. The van der Waals surface area contributed by atoms with Crippen LogP contribution in [0.2, 0.25) is 0 Å². The van der Waals surface area contributed by atoms with Crippen molar-refractivity contribution in [2.45, 2.75) is 60.0 Å². The highest BCUT2D eigenvalue weighted by Gasteiger charge is 2.11. The van der Waals surface area contributed by atoms with Crippen molar-refractivity contribution in [2.24, 2.45) is 0 Å². The third kappa shape index (κ3) is 10.9. The summed E-state index contributed by atoms with van der Waals surface area (Å²) in [5, 5.41) is 8.83. The fourth-order valence-corrected chi connectivity index (χ4v) is 4.38. The molecule has 0 radical (unpaired) electrons. The van der Waals surface area contributed by atoms with E-state index in [0.717, 1.165) is 39.3 Å². The second-order valence-electron chi connectivity index (χ2n) is 10.6. The van der Waals surface area contributed by atoms with Crippen LogP contribution in [0, 0.1) is 20.8 Å². The average molecular weight is 605 g/mol. The number of rotatable bonds is 12. The quantitative estimate of drug-likeness (QED) is 0.148. The molecule has 5 aromatic rings.